The van der Waals surface area contributed by atoms with E-state index in [-0.39, 0.29) is 0 Å². The van der Waals surface area contributed by atoms with Gasteiger partial charge in [-0.15, -0.1) is 5.10 Å². The Hall–Kier alpha value is -4.01. The number of benzene rings is 1. The fraction of sp³-hybridized carbons (Fsp3) is 0.0909. The number of nitrogens with zero attached hydrogens (tertiary/aromatic N) is 3. The number of nitrogens with one attached hydrogen (secondary N) is 1. The SMILES string of the molecule is Cc1ccc(NC(=O)c2cc(C(F)(F)F)cnn2)cc1-c1ccnc(-c2ccoc2)c1. The maximum absolute atomic E-state index is 12.9. The molecule has 0 spiro atoms. The highest BCUT2D eigenvalue weighted by Crippen LogP contribution is 2.30. The van der Waals surface area contributed by atoms with Crippen LogP contribution in [0.1, 0.15) is 21.6 Å². The third-order valence-corrected chi connectivity index (χ3v) is 4.60. The number of furan rings is 1. The van der Waals surface area contributed by atoms with Crippen LogP contribution < -0.4 is 5.32 Å². The first kappa shape index (κ1) is 20.3. The van der Waals surface area contributed by atoms with Gasteiger partial charge in [-0.3, -0.25) is 9.78 Å². The number of carbonyl (C=O) groups excluding carboxylic acids is 1. The van der Waals surface area contributed by atoms with E-state index in [0.717, 1.165) is 27.9 Å². The van der Waals surface area contributed by atoms with E-state index in [4.69, 9.17) is 4.42 Å². The van der Waals surface area contributed by atoms with Crippen LogP contribution in [-0.4, -0.2) is 21.1 Å². The zero-order valence-corrected chi connectivity index (χ0v) is 16.1. The van der Waals surface area contributed by atoms with Gasteiger partial charge in [0.15, 0.2) is 5.69 Å². The average molecular weight is 424 g/mol. The van der Waals surface area contributed by atoms with Gasteiger partial charge < -0.3 is 9.73 Å². The predicted octanol–water partition coefficient (Wildman–Crippen LogP) is 5.38. The lowest BCUT2D eigenvalue weighted by Gasteiger charge is -2.12. The van der Waals surface area contributed by atoms with E-state index in [1.807, 2.05) is 19.1 Å². The fourth-order valence-electron chi connectivity index (χ4n) is 3.00. The normalized spacial score (nSPS) is 11.4. The molecule has 1 N–H and O–H groups in total. The molecule has 0 aliphatic carbocycles. The molecule has 0 aliphatic heterocycles. The summed E-state index contributed by atoms with van der Waals surface area (Å²) in [6.07, 6.45) is 0.770. The van der Waals surface area contributed by atoms with Gasteiger partial charge in [0.25, 0.3) is 5.91 Å². The summed E-state index contributed by atoms with van der Waals surface area (Å²) in [6.45, 7) is 1.91. The van der Waals surface area contributed by atoms with Crippen molar-refractivity contribution in [1.82, 2.24) is 15.2 Å². The zero-order valence-electron chi connectivity index (χ0n) is 16.1. The molecule has 0 saturated heterocycles. The van der Waals surface area contributed by atoms with Crippen molar-refractivity contribution >= 4 is 11.6 Å². The maximum Gasteiger partial charge on any atom is 0.418 e. The summed E-state index contributed by atoms with van der Waals surface area (Å²) in [5, 5.41) is 9.37. The van der Waals surface area contributed by atoms with Crippen molar-refractivity contribution in [1.29, 1.82) is 0 Å². The Morgan fingerprint density at radius 2 is 1.90 bits per heavy atom. The first-order valence-electron chi connectivity index (χ1n) is 9.12. The van der Waals surface area contributed by atoms with Crippen molar-refractivity contribution in [3.63, 3.8) is 0 Å². The minimum atomic E-state index is -4.62. The third-order valence-electron chi connectivity index (χ3n) is 4.60. The molecular formula is C22H15F3N4O2. The van der Waals surface area contributed by atoms with Gasteiger partial charge in [0.05, 0.1) is 30.0 Å². The fourth-order valence-corrected chi connectivity index (χ4v) is 3.00. The number of hydrogen-bond acceptors (Lipinski definition) is 5. The summed E-state index contributed by atoms with van der Waals surface area (Å²) in [6, 6.07) is 11.4. The van der Waals surface area contributed by atoms with Crippen LogP contribution in [-0.2, 0) is 6.18 Å². The number of aryl methyl sites for hydroxylation is 1. The second-order valence-corrected chi connectivity index (χ2v) is 6.75. The Morgan fingerprint density at radius 1 is 1.06 bits per heavy atom. The molecule has 0 atom stereocenters. The van der Waals surface area contributed by atoms with E-state index in [1.54, 1.807) is 43.0 Å². The van der Waals surface area contributed by atoms with Gasteiger partial charge in [0.2, 0.25) is 0 Å². The van der Waals surface area contributed by atoms with Crippen LogP contribution in [0.4, 0.5) is 18.9 Å². The Bertz CT molecular complexity index is 1240. The van der Waals surface area contributed by atoms with Gasteiger partial charge in [-0.1, -0.05) is 6.07 Å². The van der Waals surface area contributed by atoms with Gasteiger partial charge in [-0.25, -0.2) is 0 Å². The number of rotatable bonds is 4. The highest BCUT2D eigenvalue weighted by molar-refractivity contribution is 6.03. The van der Waals surface area contributed by atoms with Gasteiger partial charge in [0, 0.05) is 17.4 Å². The van der Waals surface area contributed by atoms with Crippen LogP contribution in [0.5, 0.6) is 0 Å². The number of hydrogen-bond donors (Lipinski definition) is 1. The Morgan fingerprint density at radius 3 is 2.65 bits per heavy atom. The van der Waals surface area contributed by atoms with Gasteiger partial charge in [0.1, 0.15) is 0 Å². The summed E-state index contributed by atoms with van der Waals surface area (Å²) < 4.78 is 43.7. The van der Waals surface area contributed by atoms with E-state index < -0.39 is 23.3 Å². The largest absolute Gasteiger partial charge is 0.472 e. The van der Waals surface area contributed by atoms with E-state index in [1.165, 1.54) is 0 Å². The van der Waals surface area contributed by atoms with Crippen molar-refractivity contribution in [2.75, 3.05) is 5.32 Å². The van der Waals surface area contributed by atoms with Crippen molar-refractivity contribution in [3.05, 3.63) is 84.2 Å². The van der Waals surface area contributed by atoms with E-state index in [0.29, 0.717) is 18.0 Å². The molecule has 0 fully saturated rings. The summed E-state index contributed by atoms with van der Waals surface area (Å²) in [4.78, 5) is 16.8. The molecule has 156 valence electrons. The first-order chi connectivity index (χ1) is 14.8. The second kappa shape index (κ2) is 8.02. The lowest BCUT2D eigenvalue weighted by molar-refractivity contribution is -0.137. The third kappa shape index (κ3) is 4.45. The van der Waals surface area contributed by atoms with Crippen molar-refractivity contribution in [2.45, 2.75) is 13.1 Å². The van der Waals surface area contributed by atoms with Gasteiger partial charge in [-0.05, 0) is 60.0 Å². The molecule has 31 heavy (non-hydrogen) atoms. The van der Waals surface area contributed by atoms with E-state index >= 15 is 0 Å². The second-order valence-electron chi connectivity index (χ2n) is 6.75. The van der Waals surface area contributed by atoms with E-state index in [9.17, 15) is 18.0 Å². The number of aromatic nitrogens is 3. The van der Waals surface area contributed by atoms with Gasteiger partial charge >= 0.3 is 6.18 Å². The predicted molar refractivity (Wildman–Crippen MR) is 107 cm³/mol. The highest BCUT2D eigenvalue weighted by atomic mass is 19.4. The van der Waals surface area contributed by atoms with Crippen LogP contribution in [0.25, 0.3) is 22.4 Å². The van der Waals surface area contributed by atoms with Gasteiger partial charge in [-0.2, -0.15) is 18.3 Å². The zero-order chi connectivity index (χ0) is 22.0. The van der Waals surface area contributed by atoms with E-state index in [2.05, 4.69) is 20.5 Å². The van der Waals surface area contributed by atoms with Crippen LogP contribution in [0, 0.1) is 6.92 Å². The summed E-state index contributed by atoms with van der Waals surface area (Å²) in [7, 11) is 0. The Labute approximate surface area is 174 Å². The standard InChI is InChI=1S/C22H15F3N4O2/c1-13-2-3-17(28-21(30)20-9-16(11-27-29-20)22(23,24)25)10-18(13)14-4-6-26-19(8-14)15-5-7-31-12-15/h2-12H,1H3,(H,28,30). The molecule has 9 heteroatoms. The number of halogens is 3. The molecule has 6 nitrogen and oxygen atoms in total. The molecule has 1 aromatic carbocycles. The topological polar surface area (TPSA) is 80.9 Å². The van der Waals surface area contributed by atoms with Crippen LogP contribution in [0.3, 0.4) is 0 Å². The molecule has 1 amide bonds. The maximum atomic E-state index is 12.9. The molecule has 0 bridgehead atoms. The molecule has 0 unspecified atom stereocenters. The summed E-state index contributed by atoms with van der Waals surface area (Å²) in [5.41, 5.74) is 3.13. The van der Waals surface area contributed by atoms with Crippen molar-refractivity contribution < 1.29 is 22.4 Å². The smallest absolute Gasteiger partial charge is 0.418 e. The average Bonchev–Trinajstić information content (AvgIpc) is 3.30. The molecule has 3 heterocycles. The summed E-state index contributed by atoms with van der Waals surface area (Å²) >= 11 is 0. The highest BCUT2D eigenvalue weighted by Gasteiger charge is 2.32. The number of carbonyl (C=O) groups is 1. The molecule has 3 aromatic heterocycles. The van der Waals surface area contributed by atoms with Crippen molar-refractivity contribution in [2.24, 2.45) is 0 Å². The molecule has 4 rings (SSSR count). The van der Waals surface area contributed by atoms with Crippen LogP contribution in [0.15, 0.2) is 71.8 Å². The minimum absolute atomic E-state index is 0.409. The quantitative estimate of drug-likeness (QED) is 0.476. The minimum Gasteiger partial charge on any atom is -0.472 e. The summed E-state index contributed by atoms with van der Waals surface area (Å²) in [5.74, 6) is -0.790. The number of anilines is 1. The van der Waals surface area contributed by atoms with Crippen molar-refractivity contribution in [3.8, 4) is 22.4 Å². The Kier molecular flexibility index (Phi) is 5.24. The molecule has 0 saturated carbocycles. The molecule has 0 radical (unpaired) electrons. The number of pyridine rings is 1. The molecule has 0 aliphatic rings. The number of amides is 1. The first-order valence-corrected chi connectivity index (χ1v) is 9.12. The molecule has 4 aromatic rings. The molecular weight excluding hydrogens is 409 g/mol. The monoisotopic (exact) mass is 424 g/mol. The Balaban J connectivity index is 1.62. The van der Waals surface area contributed by atoms with Crippen LogP contribution >= 0.6 is 0 Å². The van der Waals surface area contributed by atoms with Crippen LogP contribution in [0.2, 0.25) is 0 Å². The lowest BCUT2D eigenvalue weighted by Crippen LogP contribution is -2.16. The lowest BCUT2D eigenvalue weighted by atomic mass is 9.99. The number of alkyl halides is 3.